The van der Waals surface area contributed by atoms with Gasteiger partial charge in [-0.25, -0.2) is 0 Å². The van der Waals surface area contributed by atoms with Crippen LogP contribution in [0.4, 0.5) is 0 Å². The number of carbonyl (C=O) groups is 2. The zero-order valence-corrected chi connectivity index (χ0v) is 9.94. The number of imide groups is 1. The summed E-state index contributed by atoms with van der Waals surface area (Å²) in [4.78, 5) is 23.5. The van der Waals surface area contributed by atoms with E-state index in [1.807, 2.05) is 12.2 Å². The van der Waals surface area contributed by atoms with E-state index in [0.29, 0.717) is 0 Å². The molecule has 4 heteroatoms. The van der Waals surface area contributed by atoms with E-state index in [9.17, 15) is 9.59 Å². The number of amides is 2. The molecule has 3 rings (SSSR count). The summed E-state index contributed by atoms with van der Waals surface area (Å²) in [6, 6.07) is 0. The Labute approximate surface area is 100 Å². The molecule has 3 aliphatic heterocycles. The van der Waals surface area contributed by atoms with Crippen LogP contribution in [0.15, 0.2) is 12.2 Å². The molecule has 4 unspecified atom stereocenters. The molecule has 3 aliphatic rings. The van der Waals surface area contributed by atoms with Crippen molar-refractivity contribution in [3.63, 3.8) is 0 Å². The van der Waals surface area contributed by atoms with E-state index in [1.54, 1.807) is 0 Å². The number of ether oxygens (including phenoxy) is 1. The Balaban J connectivity index is 1.84. The van der Waals surface area contributed by atoms with Crippen LogP contribution in [0, 0.1) is 11.8 Å². The highest BCUT2D eigenvalue weighted by Gasteiger charge is 2.64. The minimum absolute atomic E-state index is 0.150. The van der Waals surface area contributed by atoms with E-state index in [2.05, 4.69) is 12.2 Å². The van der Waals surface area contributed by atoms with Gasteiger partial charge in [-0.05, 0) is 6.42 Å². The molecule has 0 aromatic heterocycles. The van der Waals surface area contributed by atoms with Gasteiger partial charge in [0.1, 0.15) is 0 Å². The van der Waals surface area contributed by atoms with Gasteiger partial charge >= 0.3 is 0 Å². The van der Waals surface area contributed by atoms with Gasteiger partial charge in [-0.1, -0.05) is 38.3 Å². The van der Waals surface area contributed by atoms with E-state index in [-0.39, 0.29) is 29.8 Å². The first kappa shape index (κ1) is 11.0. The zero-order valence-electron chi connectivity index (χ0n) is 9.94. The van der Waals surface area contributed by atoms with Crippen LogP contribution in [0.5, 0.6) is 0 Å². The quantitative estimate of drug-likeness (QED) is 0.452. The molecule has 2 bridgehead atoms. The molecule has 1 N–H and O–H groups in total. The van der Waals surface area contributed by atoms with Crippen molar-refractivity contribution in [3.05, 3.63) is 12.2 Å². The minimum atomic E-state index is -0.499. The van der Waals surface area contributed by atoms with Gasteiger partial charge in [-0.2, -0.15) is 0 Å². The minimum Gasteiger partial charge on any atom is -0.362 e. The monoisotopic (exact) mass is 235 g/mol. The first-order chi connectivity index (χ1) is 8.18. The SMILES string of the molecule is CCCCCC12C=CC(O1)C1C(=O)NC(=O)C12. The molecule has 2 saturated heterocycles. The van der Waals surface area contributed by atoms with Gasteiger partial charge in [0.2, 0.25) is 11.8 Å². The highest BCUT2D eigenvalue weighted by Crippen LogP contribution is 2.51. The van der Waals surface area contributed by atoms with Crippen molar-refractivity contribution < 1.29 is 14.3 Å². The van der Waals surface area contributed by atoms with Crippen molar-refractivity contribution in [1.29, 1.82) is 0 Å². The summed E-state index contributed by atoms with van der Waals surface area (Å²) < 4.78 is 5.92. The maximum Gasteiger partial charge on any atom is 0.233 e. The van der Waals surface area contributed by atoms with Crippen LogP contribution in [0.2, 0.25) is 0 Å². The molecular formula is C13H17NO3. The molecule has 92 valence electrons. The third kappa shape index (κ3) is 1.40. The maximum atomic E-state index is 11.8. The van der Waals surface area contributed by atoms with Gasteiger partial charge in [-0.15, -0.1) is 0 Å². The lowest BCUT2D eigenvalue weighted by molar-refractivity contribution is -0.130. The summed E-state index contributed by atoms with van der Waals surface area (Å²) in [7, 11) is 0. The first-order valence-electron chi connectivity index (χ1n) is 6.40. The van der Waals surface area contributed by atoms with Crippen LogP contribution in [-0.4, -0.2) is 23.5 Å². The topological polar surface area (TPSA) is 55.4 Å². The van der Waals surface area contributed by atoms with Gasteiger partial charge < -0.3 is 4.74 Å². The third-order valence-corrected chi connectivity index (χ3v) is 4.17. The second kappa shape index (κ2) is 3.67. The Morgan fingerprint density at radius 3 is 2.94 bits per heavy atom. The molecule has 2 amide bonds. The van der Waals surface area contributed by atoms with Crippen LogP contribution in [0.25, 0.3) is 0 Å². The van der Waals surface area contributed by atoms with Crippen molar-refractivity contribution in [2.24, 2.45) is 11.8 Å². The smallest absolute Gasteiger partial charge is 0.233 e. The molecule has 3 heterocycles. The van der Waals surface area contributed by atoms with E-state index in [4.69, 9.17) is 4.74 Å². The first-order valence-corrected chi connectivity index (χ1v) is 6.40. The average molecular weight is 235 g/mol. The summed E-state index contributed by atoms with van der Waals surface area (Å²) >= 11 is 0. The molecule has 0 aliphatic carbocycles. The van der Waals surface area contributed by atoms with E-state index < -0.39 is 5.60 Å². The predicted octanol–water partition coefficient (Wildman–Crippen LogP) is 1.16. The molecule has 0 saturated carbocycles. The molecular weight excluding hydrogens is 218 g/mol. The molecule has 0 aromatic rings. The van der Waals surface area contributed by atoms with Gasteiger partial charge in [0.15, 0.2) is 0 Å². The van der Waals surface area contributed by atoms with E-state index in [0.717, 1.165) is 25.7 Å². The number of hydrogen-bond acceptors (Lipinski definition) is 3. The number of rotatable bonds is 4. The van der Waals surface area contributed by atoms with E-state index in [1.165, 1.54) is 0 Å². The standard InChI is InChI=1S/C13H17NO3/c1-2-3-4-6-13-7-5-8(17-13)9-10(13)12(16)14-11(9)15/h5,7-10H,2-4,6H2,1H3,(H,14,15,16). The fraction of sp³-hybridized carbons (Fsp3) is 0.692. The Hall–Kier alpha value is -1.16. The Kier molecular flexibility index (Phi) is 2.36. The molecule has 2 fully saturated rings. The number of fused-ring (bicyclic) bond motifs is 5. The Bertz CT molecular complexity index is 403. The van der Waals surface area contributed by atoms with Gasteiger partial charge in [0.25, 0.3) is 0 Å². The second-order valence-corrected chi connectivity index (χ2v) is 5.21. The Morgan fingerprint density at radius 2 is 2.18 bits per heavy atom. The van der Waals surface area contributed by atoms with Crippen molar-refractivity contribution in [3.8, 4) is 0 Å². The van der Waals surface area contributed by atoms with Crippen LogP contribution >= 0.6 is 0 Å². The van der Waals surface area contributed by atoms with Crippen molar-refractivity contribution in [2.75, 3.05) is 0 Å². The third-order valence-electron chi connectivity index (χ3n) is 4.17. The number of unbranched alkanes of at least 4 members (excludes halogenated alkanes) is 2. The van der Waals surface area contributed by atoms with Crippen molar-refractivity contribution in [2.45, 2.75) is 44.3 Å². The van der Waals surface area contributed by atoms with Crippen LogP contribution in [0.3, 0.4) is 0 Å². The van der Waals surface area contributed by atoms with Gasteiger partial charge in [-0.3, -0.25) is 14.9 Å². The maximum absolute atomic E-state index is 11.8. The lowest BCUT2D eigenvalue weighted by Gasteiger charge is -2.27. The van der Waals surface area contributed by atoms with Crippen molar-refractivity contribution >= 4 is 11.8 Å². The predicted molar refractivity (Wildman–Crippen MR) is 61.0 cm³/mol. The molecule has 0 aromatic carbocycles. The lowest BCUT2D eigenvalue weighted by atomic mass is 9.74. The highest BCUT2D eigenvalue weighted by molar-refractivity contribution is 6.07. The molecule has 4 atom stereocenters. The molecule has 4 nitrogen and oxygen atoms in total. The van der Waals surface area contributed by atoms with Crippen LogP contribution in [0.1, 0.15) is 32.6 Å². The molecule has 17 heavy (non-hydrogen) atoms. The molecule has 0 radical (unpaired) electrons. The van der Waals surface area contributed by atoms with Crippen molar-refractivity contribution in [1.82, 2.24) is 5.32 Å². The average Bonchev–Trinajstić information content (AvgIpc) is 2.91. The highest BCUT2D eigenvalue weighted by atomic mass is 16.5. The summed E-state index contributed by atoms with van der Waals surface area (Å²) in [6.45, 7) is 2.15. The summed E-state index contributed by atoms with van der Waals surface area (Å²) in [5, 5.41) is 2.44. The fourth-order valence-corrected chi connectivity index (χ4v) is 3.37. The fourth-order valence-electron chi connectivity index (χ4n) is 3.37. The lowest BCUT2D eigenvalue weighted by Crippen LogP contribution is -2.39. The number of nitrogens with one attached hydrogen (secondary N) is 1. The summed E-state index contributed by atoms with van der Waals surface area (Å²) in [5.41, 5.74) is -0.499. The second-order valence-electron chi connectivity index (χ2n) is 5.21. The van der Waals surface area contributed by atoms with Crippen LogP contribution in [-0.2, 0) is 14.3 Å². The van der Waals surface area contributed by atoms with Gasteiger partial charge in [0.05, 0.1) is 23.5 Å². The summed E-state index contributed by atoms with van der Waals surface area (Å²) in [6.07, 6.45) is 7.93. The number of carbonyl (C=O) groups excluding carboxylic acids is 2. The normalized spacial score (nSPS) is 42.1. The zero-order chi connectivity index (χ0) is 12.0. The summed E-state index contributed by atoms with van der Waals surface area (Å²) in [5.74, 6) is -0.883. The Morgan fingerprint density at radius 1 is 1.35 bits per heavy atom. The van der Waals surface area contributed by atoms with Gasteiger partial charge in [0, 0.05) is 0 Å². The molecule has 0 spiro atoms. The largest absolute Gasteiger partial charge is 0.362 e. The van der Waals surface area contributed by atoms with E-state index >= 15 is 0 Å². The number of hydrogen-bond donors (Lipinski definition) is 1. The van der Waals surface area contributed by atoms with Crippen LogP contribution < -0.4 is 5.32 Å².